The Hall–Kier alpha value is -1.56. The Balaban J connectivity index is 2.77. The maximum absolute atomic E-state index is 12.8. The average molecular weight is 165 g/mol. The zero-order valence-corrected chi connectivity index (χ0v) is 6.67. The third kappa shape index (κ3) is 1.96. The van der Waals surface area contributed by atoms with Crippen LogP contribution in [0.1, 0.15) is 5.56 Å². The van der Waals surface area contributed by atoms with Gasteiger partial charge >= 0.3 is 0 Å². The molecule has 0 unspecified atom stereocenters. The van der Waals surface area contributed by atoms with E-state index in [1.165, 1.54) is 6.07 Å². The Bertz CT molecular complexity index is 317. The monoisotopic (exact) mass is 165 g/mol. The van der Waals surface area contributed by atoms with E-state index in [1.807, 2.05) is 0 Å². The molecular weight excluding hydrogens is 157 g/mol. The Morgan fingerprint density at radius 3 is 2.92 bits per heavy atom. The number of halogens is 1. The van der Waals surface area contributed by atoms with E-state index in [2.05, 4.69) is 0 Å². The van der Waals surface area contributed by atoms with Crippen LogP contribution in [0.4, 0.5) is 4.39 Å². The molecule has 1 rings (SSSR count). The molecule has 0 aromatic heterocycles. The largest absolute Gasteiger partial charge is 0.479 e. The summed E-state index contributed by atoms with van der Waals surface area (Å²) in [4.78, 5) is 0. The van der Waals surface area contributed by atoms with Crippen LogP contribution in [0.15, 0.2) is 18.2 Å². The van der Waals surface area contributed by atoms with Crippen molar-refractivity contribution in [3.8, 4) is 11.8 Å². The SMILES string of the molecule is Cc1ccc(OCC#N)cc1F. The van der Waals surface area contributed by atoms with Crippen molar-refractivity contribution in [2.75, 3.05) is 6.61 Å². The first-order valence-corrected chi connectivity index (χ1v) is 3.50. The van der Waals surface area contributed by atoms with Gasteiger partial charge in [-0.05, 0) is 18.6 Å². The maximum Gasteiger partial charge on any atom is 0.174 e. The lowest BCUT2D eigenvalue weighted by molar-refractivity contribution is 0.365. The Morgan fingerprint density at radius 1 is 1.58 bits per heavy atom. The molecule has 0 spiro atoms. The zero-order valence-electron chi connectivity index (χ0n) is 6.67. The fourth-order valence-electron chi connectivity index (χ4n) is 0.779. The van der Waals surface area contributed by atoms with Gasteiger partial charge in [0.15, 0.2) is 6.61 Å². The molecular formula is C9H8FNO. The lowest BCUT2D eigenvalue weighted by Gasteiger charge is -2.01. The topological polar surface area (TPSA) is 33.0 Å². The van der Waals surface area contributed by atoms with Gasteiger partial charge in [0.1, 0.15) is 17.6 Å². The minimum absolute atomic E-state index is 0.0531. The van der Waals surface area contributed by atoms with Gasteiger partial charge in [-0.15, -0.1) is 0 Å². The van der Waals surface area contributed by atoms with Crippen molar-refractivity contribution in [3.63, 3.8) is 0 Å². The molecule has 0 amide bonds. The van der Waals surface area contributed by atoms with E-state index in [4.69, 9.17) is 10.00 Å². The standard InChI is InChI=1S/C9H8FNO/c1-7-2-3-8(6-9(7)10)12-5-4-11/h2-3,6H,5H2,1H3. The molecule has 62 valence electrons. The molecule has 0 aliphatic heterocycles. The zero-order chi connectivity index (χ0) is 8.97. The highest BCUT2D eigenvalue weighted by Gasteiger charge is 1.98. The summed E-state index contributed by atoms with van der Waals surface area (Å²) in [5.74, 6) is 0.0742. The molecule has 0 saturated heterocycles. The van der Waals surface area contributed by atoms with E-state index in [0.717, 1.165) is 0 Å². The number of rotatable bonds is 2. The number of nitrogens with zero attached hydrogens (tertiary/aromatic N) is 1. The van der Waals surface area contributed by atoms with Crippen molar-refractivity contribution < 1.29 is 9.13 Å². The summed E-state index contributed by atoms with van der Waals surface area (Å²) in [6.45, 7) is 1.62. The van der Waals surface area contributed by atoms with E-state index in [1.54, 1.807) is 25.1 Å². The summed E-state index contributed by atoms with van der Waals surface area (Å²) in [5.41, 5.74) is 0.569. The lowest BCUT2D eigenvalue weighted by atomic mass is 10.2. The molecule has 0 saturated carbocycles. The maximum atomic E-state index is 12.8. The predicted octanol–water partition coefficient (Wildman–Crippen LogP) is 2.04. The number of hydrogen-bond acceptors (Lipinski definition) is 2. The van der Waals surface area contributed by atoms with Crippen LogP contribution in [0.2, 0.25) is 0 Å². The van der Waals surface area contributed by atoms with Gasteiger partial charge in [0.05, 0.1) is 0 Å². The molecule has 0 atom stereocenters. The van der Waals surface area contributed by atoms with Gasteiger partial charge in [-0.3, -0.25) is 0 Å². The minimum Gasteiger partial charge on any atom is -0.479 e. The van der Waals surface area contributed by atoms with Crippen LogP contribution in [-0.2, 0) is 0 Å². The number of hydrogen-bond donors (Lipinski definition) is 0. The van der Waals surface area contributed by atoms with Crippen LogP contribution < -0.4 is 4.74 Å². The van der Waals surface area contributed by atoms with E-state index >= 15 is 0 Å². The molecule has 0 aliphatic rings. The summed E-state index contributed by atoms with van der Waals surface area (Å²) in [6, 6.07) is 6.32. The minimum atomic E-state index is -0.314. The van der Waals surface area contributed by atoms with E-state index < -0.39 is 0 Å². The highest BCUT2D eigenvalue weighted by Crippen LogP contribution is 2.15. The average Bonchev–Trinajstić information content (AvgIpc) is 2.07. The molecule has 0 radical (unpaired) electrons. The fraction of sp³-hybridized carbons (Fsp3) is 0.222. The summed E-state index contributed by atoms with van der Waals surface area (Å²) in [5, 5.41) is 8.18. The van der Waals surface area contributed by atoms with Crippen molar-refractivity contribution in [1.82, 2.24) is 0 Å². The number of nitriles is 1. The second-order valence-electron chi connectivity index (χ2n) is 2.36. The Labute approximate surface area is 70.2 Å². The van der Waals surface area contributed by atoms with Crippen LogP contribution >= 0.6 is 0 Å². The molecule has 0 fully saturated rings. The van der Waals surface area contributed by atoms with Crippen molar-refractivity contribution in [2.45, 2.75) is 6.92 Å². The molecule has 0 aliphatic carbocycles. The molecule has 3 heteroatoms. The third-order valence-corrected chi connectivity index (χ3v) is 1.45. The Morgan fingerprint density at radius 2 is 2.33 bits per heavy atom. The fourth-order valence-corrected chi connectivity index (χ4v) is 0.779. The van der Waals surface area contributed by atoms with Gasteiger partial charge in [-0.25, -0.2) is 4.39 Å². The number of ether oxygens (including phenoxy) is 1. The molecule has 12 heavy (non-hydrogen) atoms. The molecule has 0 heterocycles. The van der Waals surface area contributed by atoms with E-state index in [0.29, 0.717) is 11.3 Å². The molecule has 0 bridgehead atoms. The highest BCUT2D eigenvalue weighted by molar-refractivity contribution is 5.28. The van der Waals surface area contributed by atoms with Gasteiger partial charge < -0.3 is 4.74 Å². The molecule has 1 aromatic rings. The lowest BCUT2D eigenvalue weighted by Crippen LogP contribution is -1.94. The van der Waals surface area contributed by atoms with Crippen LogP contribution in [0.3, 0.4) is 0 Å². The first kappa shape index (κ1) is 8.54. The summed E-state index contributed by atoms with van der Waals surface area (Å²) in [7, 11) is 0. The normalized spacial score (nSPS) is 9.08. The van der Waals surface area contributed by atoms with Crippen LogP contribution in [0, 0.1) is 24.1 Å². The smallest absolute Gasteiger partial charge is 0.174 e. The van der Waals surface area contributed by atoms with Gasteiger partial charge in [0.2, 0.25) is 0 Å². The van der Waals surface area contributed by atoms with E-state index in [-0.39, 0.29) is 12.4 Å². The second kappa shape index (κ2) is 3.72. The van der Waals surface area contributed by atoms with Crippen molar-refractivity contribution >= 4 is 0 Å². The molecule has 1 aromatic carbocycles. The van der Waals surface area contributed by atoms with E-state index in [9.17, 15) is 4.39 Å². The van der Waals surface area contributed by atoms with Gasteiger partial charge in [-0.1, -0.05) is 6.07 Å². The van der Waals surface area contributed by atoms with Gasteiger partial charge in [0, 0.05) is 6.07 Å². The Kier molecular flexibility index (Phi) is 2.65. The van der Waals surface area contributed by atoms with Gasteiger partial charge in [0.25, 0.3) is 0 Å². The van der Waals surface area contributed by atoms with Crippen LogP contribution in [0.25, 0.3) is 0 Å². The summed E-state index contributed by atoms with van der Waals surface area (Å²) < 4.78 is 17.7. The van der Waals surface area contributed by atoms with Gasteiger partial charge in [-0.2, -0.15) is 5.26 Å². The third-order valence-electron chi connectivity index (χ3n) is 1.45. The summed E-state index contributed by atoms with van der Waals surface area (Å²) >= 11 is 0. The highest BCUT2D eigenvalue weighted by atomic mass is 19.1. The van der Waals surface area contributed by atoms with Crippen LogP contribution in [0.5, 0.6) is 5.75 Å². The van der Waals surface area contributed by atoms with Crippen molar-refractivity contribution in [3.05, 3.63) is 29.6 Å². The van der Waals surface area contributed by atoms with Crippen LogP contribution in [-0.4, -0.2) is 6.61 Å². The predicted molar refractivity (Wildman–Crippen MR) is 42.2 cm³/mol. The second-order valence-corrected chi connectivity index (χ2v) is 2.36. The first-order chi connectivity index (χ1) is 5.74. The van der Waals surface area contributed by atoms with Crippen molar-refractivity contribution in [1.29, 1.82) is 5.26 Å². The molecule has 2 nitrogen and oxygen atoms in total. The summed E-state index contributed by atoms with van der Waals surface area (Å²) in [6.07, 6.45) is 0. The first-order valence-electron chi connectivity index (χ1n) is 3.50. The number of aryl methyl sites for hydroxylation is 1. The molecule has 0 N–H and O–H groups in total. The quantitative estimate of drug-likeness (QED) is 0.671. The van der Waals surface area contributed by atoms with Crippen molar-refractivity contribution in [2.24, 2.45) is 0 Å². The number of benzene rings is 1.